The fourth-order valence-electron chi connectivity index (χ4n) is 2.98. The Hall–Kier alpha value is -3.58. The summed E-state index contributed by atoms with van der Waals surface area (Å²) in [6.45, 7) is 3.64. The van der Waals surface area contributed by atoms with E-state index in [-0.39, 0.29) is 12.2 Å². The van der Waals surface area contributed by atoms with Crippen LogP contribution in [0.5, 0.6) is 5.75 Å². The van der Waals surface area contributed by atoms with Crippen LogP contribution in [0.25, 0.3) is 5.69 Å². The van der Waals surface area contributed by atoms with E-state index in [4.69, 9.17) is 21.4 Å². The van der Waals surface area contributed by atoms with Gasteiger partial charge < -0.3 is 14.4 Å². The van der Waals surface area contributed by atoms with Gasteiger partial charge in [0.25, 0.3) is 5.91 Å². The van der Waals surface area contributed by atoms with Crippen LogP contribution >= 0.6 is 11.6 Å². The van der Waals surface area contributed by atoms with Crippen molar-refractivity contribution in [1.29, 1.82) is 0 Å². The molecule has 30 heavy (non-hydrogen) atoms. The van der Waals surface area contributed by atoms with Crippen LogP contribution in [0.4, 0.5) is 0 Å². The predicted molar refractivity (Wildman–Crippen MR) is 115 cm³/mol. The van der Waals surface area contributed by atoms with E-state index in [1.807, 2.05) is 24.5 Å². The van der Waals surface area contributed by atoms with Crippen molar-refractivity contribution in [3.8, 4) is 11.4 Å². The Morgan fingerprint density at radius 3 is 2.53 bits per heavy atom. The molecule has 2 aromatic carbocycles. The van der Waals surface area contributed by atoms with Crippen molar-refractivity contribution < 1.29 is 19.4 Å². The molecular weight excluding hydrogens is 406 g/mol. The number of carboxylic acids is 1. The molecule has 0 aliphatic rings. The first-order valence-electron chi connectivity index (χ1n) is 9.08. The van der Waals surface area contributed by atoms with Gasteiger partial charge in [-0.25, -0.2) is 10.2 Å². The zero-order valence-electron chi connectivity index (χ0n) is 16.4. The van der Waals surface area contributed by atoms with Crippen LogP contribution in [-0.2, 0) is 4.79 Å². The van der Waals surface area contributed by atoms with E-state index in [1.165, 1.54) is 0 Å². The summed E-state index contributed by atoms with van der Waals surface area (Å²) in [6.07, 6.45) is 1.55. The number of halogens is 1. The largest absolute Gasteiger partial charge is 0.482 e. The summed E-state index contributed by atoms with van der Waals surface area (Å²) in [5.41, 5.74) is 6.17. The van der Waals surface area contributed by atoms with Crippen molar-refractivity contribution in [3.63, 3.8) is 0 Å². The lowest BCUT2D eigenvalue weighted by molar-refractivity contribution is -0.123. The number of amides is 1. The summed E-state index contributed by atoms with van der Waals surface area (Å²) >= 11 is 5.98. The first-order valence-corrected chi connectivity index (χ1v) is 9.46. The van der Waals surface area contributed by atoms with Crippen molar-refractivity contribution in [1.82, 2.24) is 9.99 Å². The molecule has 1 aromatic heterocycles. The van der Waals surface area contributed by atoms with Gasteiger partial charge in [0.2, 0.25) is 0 Å². The van der Waals surface area contributed by atoms with E-state index in [0.717, 1.165) is 22.6 Å². The number of carbonyl (C=O) groups is 2. The second-order valence-corrected chi connectivity index (χ2v) is 6.93. The molecule has 0 saturated heterocycles. The Morgan fingerprint density at radius 1 is 1.17 bits per heavy atom. The molecule has 154 valence electrons. The number of ether oxygens (including phenoxy) is 1. The summed E-state index contributed by atoms with van der Waals surface area (Å²) in [7, 11) is 0. The van der Waals surface area contributed by atoms with E-state index < -0.39 is 11.9 Å². The van der Waals surface area contributed by atoms with Gasteiger partial charge in [0.1, 0.15) is 5.75 Å². The van der Waals surface area contributed by atoms with Crippen molar-refractivity contribution in [3.05, 3.63) is 82.1 Å². The standard InChI is InChI=1S/C22H20ClN3O4/c1-14-11-17(15(2)26(14)18-9-7-16(8-10-18)22(28)29)12-24-25-21(27)13-30-20-6-4-3-5-19(20)23/h3-12H,13H2,1-2H3,(H,25,27)(H,28,29)/b24-12-. The monoisotopic (exact) mass is 425 g/mol. The molecule has 7 nitrogen and oxygen atoms in total. The molecule has 0 radical (unpaired) electrons. The van der Waals surface area contributed by atoms with Gasteiger partial charge in [-0.15, -0.1) is 0 Å². The number of nitrogens with one attached hydrogen (secondary N) is 1. The minimum Gasteiger partial charge on any atom is -0.482 e. The smallest absolute Gasteiger partial charge is 0.335 e. The van der Waals surface area contributed by atoms with Gasteiger partial charge >= 0.3 is 5.97 Å². The highest BCUT2D eigenvalue weighted by Gasteiger charge is 2.11. The van der Waals surface area contributed by atoms with Crippen molar-refractivity contribution >= 4 is 29.7 Å². The number of para-hydroxylation sites is 1. The molecule has 0 unspecified atom stereocenters. The van der Waals surface area contributed by atoms with Crippen LogP contribution in [0.3, 0.4) is 0 Å². The molecule has 0 aliphatic heterocycles. The van der Waals surface area contributed by atoms with Gasteiger partial charge in [-0.2, -0.15) is 5.10 Å². The van der Waals surface area contributed by atoms with Crippen molar-refractivity contribution in [2.45, 2.75) is 13.8 Å². The Labute approximate surface area is 178 Å². The van der Waals surface area contributed by atoms with E-state index in [0.29, 0.717) is 10.8 Å². The molecule has 3 rings (SSSR count). The molecule has 0 saturated carbocycles. The lowest BCUT2D eigenvalue weighted by Gasteiger charge is -2.10. The van der Waals surface area contributed by atoms with Crippen molar-refractivity contribution in [2.24, 2.45) is 5.10 Å². The molecular formula is C22H20ClN3O4. The van der Waals surface area contributed by atoms with Crippen LogP contribution in [0.1, 0.15) is 27.3 Å². The van der Waals surface area contributed by atoms with Crippen LogP contribution in [0.15, 0.2) is 59.7 Å². The number of aromatic carboxylic acids is 1. The highest BCUT2D eigenvalue weighted by molar-refractivity contribution is 6.32. The highest BCUT2D eigenvalue weighted by Crippen LogP contribution is 2.23. The SMILES string of the molecule is Cc1cc(/C=N\NC(=O)COc2ccccc2Cl)c(C)n1-c1ccc(C(=O)O)cc1. The van der Waals surface area contributed by atoms with Gasteiger partial charge in [0.15, 0.2) is 6.61 Å². The number of hydrazone groups is 1. The topological polar surface area (TPSA) is 92.9 Å². The first-order chi connectivity index (χ1) is 14.4. The quantitative estimate of drug-likeness (QED) is 0.442. The third kappa shape index (κ3) is 4.87. The Bertz CT molecular complexity index is 1100. The van der Waals surface area contributed by atoms with Gasteiger partial charge in [-0.05, 0) is 56.3 Å². The van der Waals surface area contributed by atoms with E-state index in [9.17, 15) is 9.59 Å². The first kappa shape index (κ1) is 21.1. The normalized spacial score (nSPS) is 10.9. The molecule has 0 fully saturated rings. The van der Waals surface area contributed by atoms with Crippen LogP contribution in [-0.4, -0.2) is 34.4 Å². The number of rotatable bonds is 7. The van der Waals surface area contributed by atoms with Gasteiger partial charge in [0.05, 0.1) is 16.8 Å². The number of carbonyl (C=O) groups excluding carboxylic acids is 1. The third-order valence-corrected chi connectivity index (χ3v) is 4.74. The molecule has 8 heteroatoms. The number of nitrogens with zero attached hydrogens (tertiary/aromatic N) is 2. The second kappa shape index (κ2) is 9.28. The fraction of sp³-hybridized carbons (Fsp3) is 0.136. The number of benzene rings is 2. The number of hydrogen-bond donors (Lipinski definition) is 2. The zero-order chi connectivity index (χ0) is 21.7. The predicted octanol–water partition coefficient (Wildman–Crippen LogP) is 3.97. The number of carboxylic acid groups (broad SMARTS) is 1. The Kier molecular flexibility index (Phi) is 6.54. The second-order valence-electron chi connectivity index (χ2n) is 6.53. The number of aromatic nitrogens is 1. The molecule has 0 aliphatic carbocycles. The van der Waals surface area contributed by atoms with Crippen LogP contribution < -0.4 is 10.2 Å². The number of aryl methyl sites for hydroxylation is 1. The molecule has 0 atom stereocenters. The number of hydrogen-bond acceptors (Lipinski definition) is 4. The van der Waals surface area contributed by atoms with Crippen molar-refractivity contribution in [2.75, 3.05) is 6.61 Å². The van der Waals surface area contributed by atoms with E-state index in [1.54, 1.807) is 54.7 Å². The highest BCUT2D eigenvalue weighted by atomic mass is 35.5. The fourth-order valence-corrected chi connectivity index (χ4v) is 3.17. The molecule has 0 bridgehead atoms. The average molecular weight is 426 g/mol. The van der Waals surface area contributed by atoms with Crippen LogP contribution in [0.2, 0.25) is 5.02 Å². The minimum atomic E-state index is -0.968. The van der Waals surface area contributed by atoms with Gasteiger partial charge in [0, 0.05) is 22.6 Å². The van der Waals surface area contributed by atoms with Crippen LogP contribution in [0, 0.1) is 13.8 Å². The lowest BCUT2D eigenvalue weighted by Crippen LogP contribution is -2.24. The maximum atomic E-state index is 11.9. The molecule has 3 aromatic rings. The molecule has 0 spiro atoms. The summed E-state index contributed by atoms with van der Waals surface area (Å²) in [5, 5.41) is 13.5. The van der Waals surface area contributed by atoms with Gasteiger partial charge in [-0.1, -0.05) is 23.7 Å². The minimum absolute atomic E-state index is 0.212. The Morgan fingerprint density at radius 2 is 1.87 bits per heavy atom. The Balaban J connectivity index is 1.65. The molecule has 2 N–H and O–H groups in total. The van der Waals surface area contributed by atoms with E-state index >= 15 is 0 Å². The summed E-state index contributed by atoms with van der Waals surface area (Å²) in [6, 6.07) is 15.4. The maximum Gasteiger partial charge on any atom is 0.335 e. The third-order valence-electron chi connectivity index (χ3n) is 4.43. The molecule has 1 amide bonds. The molecule has 1 heterocycles. The lowest BCUT2D eigenvalue weighted by atomic mass is 10.2. The van der Waals surface area contributed by atoms with Gasteiger partial charge in [-0.3, -0.25) is 4.79 Å². The summed E-state index contributed by atoms with van der Waals surface area (Å²) in [4.78, 5) is 23.0. The summed E-state index contributed by atoms with van der Waals surface area (Å²) < 4.78 is 7.35. The zero-order valence-corrected chi connectivity index (χ0v) is 17.2. The summed E-state index contributed by atoms with van der Waals surface area (Å²) in [5.74, 6) is -0.954. The average Bonchev–Trinajstić information content (AvgIpc) is 3.00. The van der Waals surface area contributed by atoms with E-state index in [2.05, 4.69) is 10.5 Å². The maximum absolute atomic E-state index is 11.9.